The van der Waals surface area contributed by atoms with E-state index in [1.807, 2.05) is 35.9 Å². The lowest BCUT2D eigenvalue weighted by atomic mass is 10.2. The van der Waals surface area contributed by atoms with E-state index in [1.165, 1.54) is 0 Å². The highest BCUT2D eigenvalue weighted by Crippen LogP contribution is 2.20. The van der Waals surface area contributed by atoms with Gasteiger partial charge in [-0.25, -0.2) is 13.1 Å². The van der Waals surface area contributed by atoms with E-state index >= 15 is 0 Å². The highest BCUT2D eigenvalue weighted by molar-refractivity contribution is 7.89. The van der Waals surface area contributed by atoms with Crippen LogP contribution in [0, 0.1) is 0 Å². The van der Waals surface area contributed by atoms with E-state index in [1.54, 1.807) is 38.1 Å². The van der Waals surface area contributed by atoms with Gasteiger partial charge in [-0.3, -0.25) is 0 Å². The molecule has 0 aliphatic rings. The van der Waals surface area contributed by atoms with Crippen LogP contribution in [0.5, 0.6) is 0 Å². The van der Waals surface area contributed by atoms with Gasteiger partial charge in [-0.1, -0.05) is 11.6 Å². The fraction of sp³-hybridized carbons (Fsp3) is 0.263. The van der Waals surface area contributed by atoms with Gasteiger partial charge in [0.2, 0.25) is 10.0 Å². The van der Waals surface area contributed by atoms with Crippen molar-refractivity contribution < 1.29 is 8.42 Å². The minimum Gasteiger partial charge on any atom is -0.378 e. The highest BCUT2D eigenvalue weighted by Gasteiger charge is 2.15. The van der Waals surface area contributed by atoms with E-state index < -0.39 is 10.0 Å². The minimum absolute atomic E-state index is 0.159. The average Bonchev–Trinajstić information content (AvgIpc) is 3.00. The van der Waals surface area contributed by atoms with Gasteiger partial charge in [0, 0.05) is 29.4 Å². The summed E-state index contributed by atoms with van der Waals surface area (Å²) in [5.74, 6) is 1.50. The number of hydrogen-bond donors (Lipinski definition) is 2. The smallest absolute Gasteiger partial charge is 0.240 e. The van der Waals surface area contributed by atoms with Crippen LogP contribution in [0.25, 0.3) is 11.4 Å². The first-order chi connectivity index (χ1) is 13.3. The number of aromatic nitrogens is 3. The number of halogens is 1. The van der Waals surface area contributed by atoms with Crippen molar-refractivity contribution in [3.8, 4) is 11.4 Å². The van der Waals surface area contributed by atoms with Gasteiger partial charge in [0.05, 0.1) is 11.4 Å². The Morgan fingerprint density at radius 3 is 2.29 bits per heavy atom. The lowest BCUT2D eigenvalue weighted by molar-refractivity contribution is 0.570. The Balaban J connectivity index is 1.69. The molecule has 1 heterocycles. The zero-order chi connectivity index (χ0) is 20.3. The maximum atomic E-state index is 12.2. The van der Waals surface area contributed by atoms with Crippen molar-refractivity contribution in [2.45, 2.75) is 31.3 Å². The molecule has 0 aliphatic heterocycles. The normalized spacial score (nSPS) is 11.8. The van der Waals surface area contributed by atoms with Crippen molar-refractivity contribution in [1.29, 1.82) is 0 Å². The van der Waals surface area contributed by atoms with Crippen LogP contribution in [-0.2, 0) is 23.6 Å². The van der Waals surface area contributed by atoms with Crippen LogP contribution >= 0.6 is 11.6 Å². The maximum absolute atomic E-state index is 12.2. The molecular weight excluding hydrogens is 398 g/mol. The quantitative estimate of drug-likeness (QED) is 0.612. The molecule has 3 rings (SSSR count). The summed E-state index contributed by atoms with van der Waals surface area (Å²) < 4.78 is 28.8. The Kier molecular flexibility index (Phi) is 6.02. The number of nitrogens with one attached hydrogen (secondary N) is 2. The predicted octanol–water partition coefficient (Wildman–Crippen LogP) is 3.43. The fourth-order valence-corrected chi connectivity index (χ4v) is 4.05. The lowest BCUT2D eigenvalue weighted by Crippen LogP contribution is -2.30. The van der Waals surface area contributed by atoms with E-state index in [4.69, 9.17) is 11.6 Å². The van der Waals surface area contributed by atoms with Crippen LogP contribution in [0.3, 0.4) is 0 Å². The summed E-state index contributed by atoms with van der Waals surface area (Å²) in [6.07, 6.45) is 0. The molecule has 0 aliphatic carbocycles. The standard InChI is InChI=1S/C19H22ClN5O2S/c1-13(2)24-28(26,27)17-10-8-16(9-11-17)21-12-18-22-23-19(25(18)3)14-4-6-15(20)7-5-14/h4-11,13,21,24H,12H2,1-3H3. The molecule has 0 unspecified atom stereocenters. The van der Waals surface area contributed by atoms with Gasteiger partial charge in [0.15, 0.2) is 11.6 Å². The van der Waals surface area contributed by atoms with Crippen LogP contribution < -0.4 is 10.0 Å². The van der Waals surface area contributed by atoms with Gasteiger partial charge in [0.25, 0.3) is 0 Å². The van der Waals surface area contributed by atoms with Crippen molar-refractivity contribution in [3.05, 3.63) is 59.4 Å². The summed E-state index contributed by atoms with van der Waals surface area (Å²) in [6.45, 7) is 4.02. The van der Waals surface area contributed by atoms with E-state index in [-0.39, 0.29) is 10.9 Å². The molecule has 7 nitrogen and oxygen atoms in total. The zero-order valence-corrected chi connectivity index (χ0v) is 17.4. The molecule has 0 spiro atoms. The van der Waals surface area contributed by atoms with Gasteiger partial charge in [-0.2, -0.15) is 0 Å². The van der Waals surface area contributed by atoms with E-state index in [9.17, 15) is 8.42 Å². The van der Waals surface area contributed by atoms with Crippen LogP contribution in [0.15, 0.2) is 53.4 Å². The fourth-order valence-electron chi connectivity index (χ4n) is 2.68. The minimum atomic E-state index is -3.49. The first kappa shape index (κ1) is 20.3. The number of rotatable bonds is 7. The zero-order valence-electron chi connectivity index (χ0n) is 15.8. The molecule has 0 saturated carbocycles. The van der Waals surface area contributed by atoms with Crippen molar-refractivity contribution in [1.82, 2.24) is 19.5 Å². The van der Waals surface area contributed by atoms with E-state index in [0.29, 0.717) is 11.6 Å². The first-order valence-electron chi connectivity index (χ1n) is 8.77. The Bertz CT molecular complexity index is 1040. The molecule has 148 valence electrons. The monoisotopic (exact) mass is 419 g/mol. The molecule has 2 N–H and O–H groups in total. The average molecular weight is 420 g/mol. The van der Waals surface area contributed by atoms with E-state index in [2.05, 4.69) is 20.2 Å². The number of anilines is 1. The molecule has 0 fully saturated rings. The Morgan fingerprint density at radius 1 is 1.04 bits per heavy atom. The third kappa shape index (κ3) is 4.70. The van der Waals surface area contributed by atoms with Crippen LogP contribution in [0.2, 0.25) is 5.02 Å². The van der Waals surface area contributed by atoms with Crippen molar-refractivity contribution in [2.24, 2.45) is 7.05 Å². The molecule has 0 radical (unpaired) electrons. The molecule has 3 aromatic rings. The molecule has 0 saturated heterocycles. The third-order valence-electron chi connectivity index (χ3n) is 4.07. The second-order valence-electron chi connectivity index (χ2n) is 6.66. The molecule has 2 aromatic carbocycles. The van der Waals surface area contributed by atoms with Crippen molar-refractivity contribution >= 4 is 27.3 Å². The van der Waals surface area contributed by atoms with Crippen LogP contribution in [0.4, 0.5) is 5.69 Å². The number of sulfonamides is 1. The highest BCUT2D eigenvalue weighted by atomic mass is 35.5. The molecule has 9 heteroatoms. The molecule has 0 amide bonds. The summed E-state index contributed by atoms with van der Waals surface area (Å²) in [5, 5.41) is 12.4. The van der Waals surface area contributed by atoms with Gasteiger partial charge >= 0.3 is 0 Å². The maximum Gasteiger partial charge on any atom is 0.240 e. The second-order valence-corrected chi connectivity index (χ2v) is 8.81. The third-order valence-corrected chi connectivity index (χ3v) is 6.00. The molecule has 0 atom stereocenters. The predicted molar refractivity (Wildman–Crippen MR) is 111 cm³/mol. The topological polar surface area (TPSA) is 88.9 Å². The molecular formula is C19H22ClN5O2S. The van der Waals surface area contributed by atoms with Gasteiger partial charge in [-0.15, -0.1) is 10.2 Å². The van der Waals surface area contributed by atoms with Crippen molar-refractivity contribution in [3.63, 3.8) is 0 Å². The second kappa shape index (κ2) is 8.30. The van der Waals surface area contributed by atoms with Gasteiger partial charge < -0.3 is 9.88 Å². The SMILES string of the molecule is CC(C)NS(=O)(=O)c1ccc(NCc2nnc(-c3ccc(Cl)cc3)n2C)cc1. The largest absolute Gasteiger partial charge is 0.378 e. The summed E-state index contributed by atoms with van der Waals surface area (Å²) in [5.41, 5.74) is 1.72. The Morgan fingerprint density at radius 2 is 1.68 bits per heavy atom. The lowest BCUT2D eigenvalue weighted by Gasteiger charge is -2.11. The van der Waals surface area contributed by atoms with Crippen LogP contribution in [0.1, 0.15) is 19.7 Å². The van der Waals surface area contributed by atoms with Crippen LogP contribution in [-0.4, -0.2) is 29.2 Å². The molecule has 1 aromatic heterocycles. The van der Waals surface area contributed by atoms with Gasteiger partial charge in [-0.05, 0) is 62.4 Å². The molecule has 28 heavy (non-hydrogen) atoms. The van der Waals surface area contributed by atoms with Gasteiger partial charge in [0.1, 0.15) is 0 Å². The number of benzene rings is 2. The Hall–Kier alpha value is -2.42. The molecule has 0 bridgehead atoms. The van der Waals surface area contributed by atoms with E-state index in [0.717, 1.165) is 22.9 Å². The number of hydrogen-bond acceptors (Lipinski definition) is 5. The Labute approximate surface area is 169 Å². The van der Waals surface area contributed by atoms with Crippen molar-refractivity contribution in [2.75, 3.05) is 5.32 Å². The summed E-state index contributed by atoms with van der Waals surface area (Å²) in [4.78, 5) is 0.232. The number of nitrogens with zero attached hydrogens (tertiary/aromatic N) is 3. The first-order valence-corrected chi connectivity index (χ1v) is 10.6. The summed E-state index contributed by atoms with van der Waals surface area (Å²) in [6, 6.07) is 13.9. The summed E-state index contributed by atoms with van der Waals surface area (Å²) in [7, 11) is -1.60. The summed E-state index contributed by atoms with van der Waals surface area (Å²) >= 11 is 5.93.